The minimum absolute atomic E-state index is 0. The second-order valence-corrected chi connectivity index (χ2v) is 2.51. The number of allylic oxidation sites excluding steroid dienone is 1. The third-order valence-electron chi connectivity index (χ3n) is 1.39. The van der Waals surface area contributed by atoms with Crippen molar-refractivity contribution in [1.82, 2.24) is 0 Å². The summed E-state index contributed by atoms with van der Waals surface area (Å²) >= 11 is 0. The molecule has 2 nitrogen and oxygen atoms in total. The van der Waals surface area contributed by atoms with Gasteiger partial charge in [-0.05, 0) is 18.6 Å². The second kappa shape index (κ2) is 5.97. The fourth-order valence-corrected chi connectivity index (χ4v) is 0.793. The Morgan fingerprint density at radius 3 is 2.31 bits per heavy atom. The van der Waals surface area contributed by atoms with E-state index in [9.17, 15) is 9.90 Å². The van der Waals surface area contributed by atoms with Crippen LogP contribution in [0.25, 0.3) is 6.08 Å². The molecule has 0 saturated heterocycles. The molecule has 3 heteroatoms. The molecule has 0 radical (unpaired) electrons. The predicted octanol–water partition coefficient (Wildman–Crippen LogP) is -1.63. The van der Waals surface area contributed by atoms with Gasteiger partial charge in [0.1, 0.15) is 0 Å². The van der Waals surface area contributed by atoms with Crippen LogP contribution in [0.15, 0.2) is 30.3 Å². The van der Waals surface area contributed by atoms with Crippen LogP contribution < -0.4 is 34.7 Å². The molecule has 0 aromatic heterocycles. The largest absolute Gasteiger partial charge is 1.00 e. The Bertz CT molecular complexity index is 301. The number of benzene rings is 1. The van der Waals surface area contributed by atoms with E-state index in [2.05, 4.69) is 0 Å². The third kappa shape index (κ3) is 4.88. The molecule has 1 rings (SSSR count). The minimum Gasteiger partial charge on any atom is -0.872 e. The zero-order valence-electron chi connectivity index (χ0n) is 7.78. The third-order valence-corrected chi connectivity index (χ3v) is 1.39. The van der Waals surface area contributed by atoms with E-state index in [4.69, 9.17) is 0 Å². The van der Waals surface area contributed by atoms with Crippen LogP contribution >= 0.6 is 0 Å². The number of carbonyl (C=O) groups is 1. The molecule has 0 aliphatic rings. The van der Waals surface area contributed by atoms with E-state index in [-0.39, 0.29) is 41.1 Å². The van der Waals surface area contributed by atoms with E-state index in [0.717, 1.165) is 5.56 Å². The molecule has 0 heterocycles. The van der Waals surface area contributed by atoms with Crippen LogP contribution in [-0.2, 0) is 4.79 Å². The maximum absolute atomic E-state index is 10.7. The van der Waals surface area contributed by atoms with Gasteiger partial charge in [0.15, 0.2) is 5.78 Å². The minimum atomic E-state index is -0.0185. The Morgan fingerprint density at radius 2 is 1.85 bits per heavy atom. The molecule has 0 bridgehead atoms. The molecule has 0 N–H and O–H groups in total. The van der Waals surface area contributed by atoms with Gasteiger partial charge in [-0.15, -0.1) is 5.75 Å². The summed E-state index contributed by atoms with van der Waals surface area (Å²) in [6, 6.07) is 6.31. The molecule has 0 fully saturated rings. The van der Waals surface area contributed by atoms with Crippen molar-refractivity contribution in [2.24, 2.45) is 0 Å². The van der Waals surface area contributed by atoms with Gasteiger partial charge in [-0.3, -0.25) is 4.79 Å². The van der Waals surface area contributed by atoms with Crippen molar-refractivity contribution in [3.8, 4) is 5.75 Å². The van der Waals surface area contributed by atoms with Crippen molar-refractivity contribution in [2.75, 3.05) is 0 Å². The van der Waals surface area contributed by atoms with Crippen LogP contribution in [0.4, 0.5) is 0 Å². The van der Waals surface area contributed by atoms with Gasteiger partial charge in [0.2, 0.25) is 0 Å². The van der Waals surface area contributed by atoms with Gasteiger partial charge in [0.25, 0.3) is 0 Å². The summed E-state index contributed by atoms with van der Waals surface area (Å²) in [5.41, 5.74) is 0.866. The maximum Gasteiger partial charge on any atom is 1.00 e. The molecule has 13 heavy (non-hydrogen) atoms. The van der Waals surface area contributed by atoms with Gasteiger partial charge in [0, 0.05) is 0 Å². The van der Waals surface area contributed by atoms with Gasteiger partial charge >= 0.3 is 29.6 Å². The van der Waals surface area contributed by atoms with Crippen LogP contribution in [0.1, 0.15) is 12.5 Å². The van der Waals surface area contributed by atoms with Crippen LogP contribution in [0.3, 0.4) is 0 Å². The standard InChI is InChI=1S/C10H10O2.Na/c1-8(11)2-3-9-4-6-10(12)7-5-9;/h2-7,12H,1H3;/q;+1/p-1/b3-2+;. The quantitative estimate of drug-likeness (QED) is 0.409. The maximum atomic E-state index is 10.7. The van der Waals surface area contributed by atoms with Crippen molar-refractivity contribution in [3.05, 3.63) is 35.9 Å². The van der Waals surface area contributed by atoms with Gasteiger partial charge < -0.3 is 5.11 Å². The van der Waals surface area contributed by atoms with E-state index in [1.165, 1.54) is 25.1 Å². The monoisotopic (exact) mass is 184 g/mol. The number of rotatable bonds is 2. The summed E-state index contributed by atoms with van der Waals surface area (Å²) < 4.78 is 0. The molecule has 62 valence electrons. The van der Waals surface area contributed by atoms with Crippen molar-refractivity contribution >= 4 is 11.9 Å². The molecule has 0 aliphatic carbocycles. The Hall–Kier alpha value is -0.570. The Morgan fingerprint density at radius 1 is 1.31 bits per heavy atom. The first-order valence-electron chi connectivity index (χ1n) is 3.64. The van der Waals surface area contributed by atoms with Crippen molar-refractivity contribution in [1.29, 1.82) is 0 Å². The van der Waals surface area contributed by atoms with Gasteiger partial charge in [-0.1, -0.05) is 30.3 Å². The van der Waals surface area contributed by atoms with E-state index >= 15 is 0 Å². The number of ketones is 1. The number of carbonyl (C=O) groups excluding carboxylic acids is 1. The SMILES string of the molecule is CC(=O)/C=C/c1ccc([O-])cc1.[Na+]. The number of hydrogen-bond donors (Lipinski definition) is 0. The summed E-state index contributed by atoms with van der Waals surface area (Å²) in [7, 11) is 0. The smallest absolute Gasteiger partial charge is 0.872 e. The normalized spacial score (nSPS) is 9.62. The summed E-state index contributed by atoms with van der Waals surface area (Å²) in [6.07, 6.45) is 3.15. The summed E-state index contributed by atoms with van der Waals surface area (Å²) in [4.78, 5) is 10.5. The van der Waals surface area contributed by atoms with Crippen molar-refractivity contribution in [3.63, 3.8) is 0 Å². The molecule has 0 unspecified atom stereocenters. The summed E-state index contributed by atoms with van der Waals surface area (Å²) in [5.74, 6) is -0.0174. The molecule has 0 spiro atoms. The second-order valence-electron chi connectivity index (χ2n) is 2.51. The van der Waals surface area contributed by atoms with Gasteiger partial charge in [-0.2, -0.15) is 0 Å². The topological polar surface area (TPSA) is 40.1 Å². The first-order valence-corrected chi connectivity index (χ1v) is 3.64. The van der Waals surface area contributed by atoms with E-state index < -0.39 is 0 Å². The van der Waals surface area contributed by atoms with E-state index in [1.54, 1.807) is 18.2 Å². The molecule has 0 atom stereocenters. The van der Waals surface area contributed by atoms with Crippen LogP contribution in [0.5, 0.6) is 5.75 Å². The van der Waals surface area contributed by atoms with Crippen LogP contribution in [0, 0.1) is 0 Å². The molecule has 0 saturated carbocycles. The van der Waals surface area contributed by atoms with E-state index in [0.29, 0.717) is 0 Å². The summed E-state index contributed by atoms with van der Waals surface area (Å²) in [5, 5.41) is 10.7. The van der Waals surface area contributed by atoms with Crippen molar-refractivity contribution in [2.45, 2.75) is 6.92 Å². The molecule has 1 aromatic carbocycles. The van der Waals surface area contributed by atoms with Gasteiger partial charge in [0.05, 0.1) is 0 Å². The average molecular weight is 184 g/mol. The zero-order valence-corrected chi connectivity index (χ0v) is 9.78. The summed E-state index contributed by atoms with van der Waals surface area (Å²) in [6.45, 7) is 1.48. The molecule has 0 aliphatic heterocycles. The average Bonchev–Trinajstić information content (AvgIpc) is 2.03. The molecular formula is C10H9NaO2. The predicted molar refractivity (Wildman–Crippen MR) is 45.6 cm³/mol. The zero-order chi connectivity index (χ0) is 8.97. The fourth-order valence-electron chi connectivity index (χ4n) is 0.793. The molecular weight excluding hydrogens is 175 g/mol. The van der Waals surface area contributed by atoms with Gasteiger partial charge in [-0.25, -0.2) is 0 Å². The Kier molecular flexibility index (Phi) is 5.71. The van der Waals surface area contributed by atoms with Crippen LogP contribution in [-0.4, -0.2) is 5.78 Å². The first-order chi connectivity index (χ1) is 5.68. The first kappa shape index (κ1) is 12.4. The molecule has 1 aromatic rings. The van der Waals surface area contributed by atoms with Crippen LogP contribution in [0.2, 0.25) is 0 Å². The molecule has 0 amide bonds. The fraction of sp³-hybridized carbons (Fsp3) is 0.100. The Balaban J connectivity index is 0.00000144. The Labute approximate surface area is 99.6 Å². The van der Waals surface area contributed by atoms with E-state index in [1.807, 2.05) is 0 Å². The number of hydrogen-bond acceptors (Lipinski definition) is 2. The van der Waals surface area contributed by atoms with Crippen molar-refractivity contribution < 1.29 is 39.5 Å².